The van der Waals surface area contributed by atoms with Crippen LogP contribution in [-0.4, -0.2) is 51.5 Å². The van der Waals surface area contributed by atoms with Gasteiger partial charge in [-0.05, 0) is 56.3 Å². The lowest BCUT2D eigenvalue weighted by atomic mass is 10.1. The third-order valence-corrected chi connectivity index (χ3v) is 9.60. The second kappa shape index (κ2) is 12.4. The van der Waals surface area contributed by atoms with Crippen LogP contribution in [0.5, 0.6) is 11.5 Å². The number of hydrogen-bond donors (Lipinski definition) is 1. The van der Waals surface area contributed by atoms with Gasteiger partial charge in [0.05, 0.1) is 22.6 Å². The highest BCUT2D eigenvalue weighted by Gasteiger charge is 2.26. The number of pyridine rings is 1. The maximum atomic E-state index is 14.7. The summed E-state index contributed by atoms with van der Waals surface area (Å²) in [6, 6.07) is 9.15. The number of aromatic nitrogens is 2. The molecule has 0 aliphatic carbocycles. The minimum absolute atomic E-state index is 0.0119. The van der Waals surface area contributed by atoms with Gasteiger partial charge in [0.1, 0.15) is 24.0 Å². The van der Waals surface area contributed by atoms with Crippen LogP contribution in [-0.2, 0) is 26.0 Å². The van der Waals surface area contributed by atoms with Crippen molar-refractivity contribution in [3.05, 3.63) is 75.8 Å². The largest absolute Gasteiger partial charge is 0.461 e. The van der Waals surface area contributed by atoms with Crippen molar-refractivity contribution in [3.8, 4) is 22.8 Å². The Labute approximate surface area is 249 Å². The molecule has 0 radical (unpaired) electrons. The molecular weight excluding hydrogens is 598 g/mol. The number of halogens is 2. The first-order chi connectivity index (χ1) is 20.1. The van der Waals surface area contributed by atoms with E-state index in [0.29, 0.717) is 29.4 Å². The Balaban J connectivity index is 2.02. The van der Waals surface area contributed by atoms with E-state index in [4.69, 9.17) is 14.2 Å². The van der Waals surface area contributed by atoms with Crippen molar-refractivity contribution in [2.75, 3.05) is 19.5 Å². The van der Waals surface area contributed by atoms with Crippen LogP contribution < -0.4 is 10.3 Å². The van der Waals surface area contributed by atoms with Crippen LogP contribution in [0.15, 0.2) is 52.2 Å². The Morgan fingerprint density at radius 3 is 2.37 bits per heavy atom. The summed E-state index contributed by atoms with van der Waals surface area (Å²) in [6.45, 7) is 10.5. The summed E-state index contributed by atoms with van der Waals surface area (Å²) in [5.74, 6) is -2.79. The standard InChI is InChI=1S/C30H34F2N2O7SSi/c1-7-40-30(36)24-16-22-27(29(35)33-24)18(2)34(17-39-12-13-43(4,5)6)28(22)21-15-20(42(3,37)38)9-11-25(21)41-26-10-8-19(31)14-23(26)32/h8-11,14-16H,7,12-13,17H2,1-6H3,(H,33,35). The van der Waals surface area contributed by atoms with Gasteiger partial charge in [0, 0.05) is 43.6 Å². The first-order valence-electron chi connectivity index (χ1n) is 13.6. The number of ether oxygens (including phenoxy) is 3. The van der Waals surface area contributed by atoms with Crippen molar-refractivity contribution in [2.24, 2.45) is 0 Å². The number of hydrogen-bond acceptors (Lipinski definition) is 7. The fraction of sp³-hybridized carbons (Fsp3) is 0.333. The summed E-state index contributed by atoms with van der Waals surface area (Å²) in [4.78, 5) is 28.5. The molecule has 4 aromatic rings. The van der Waals surface area contributed by atoms with Crippen molar-refractivity contribution >= 4 is 34.7 Å². The van der Waals surface area contributed by atoms with Crippen molar-refractivity contribution in [1.29, 1.82) is 0 Å². The number of aromatic amines is 1. The first-order valence-corrected chi connectivity index (χ1v) is 19.2. The average molecular weight is 633 g/mol. The lowest BCUT2D eigenvalue weighted by Crippen LogP contribution is -2.22. The molecular formula is C30H34F2N2O7SSi. The van der Waals surface area contributed by atoms with Crippen molar-refractivity contribution < 1.29 is 36.2 Å². The minimum Gasteiger partial charge on any atom is -0.461 e. The van der Waals surface area contributed by atoms with E-state index in [1.54, 1.807) is 18.4 Å². The van der Waals surface area contributed by atoms with Gasteiger partial charge in [-0.2, -0.15) is 0 Å². The number of nitrogens with one attached hydrogen (secondary N) is 1. The molecule has 4 rings (SSSR count). The summed E-state index contributed by atoms with van der Waals surface area (Å²) in [6.07, 6.45) is 1.04. The van der Waals surface area contributed by atoms with Gasteiger partial charge in [0.25, 0.3) is 5.56 Å². The third kappa shape index (κ3) is 7.23. The maximum absolute atomic E-state index is 14.7. The summed E-state index contributed by atoms with van der Waals surface area (Å²) < 4.78 is 72.2. The highest BCUT2D eigenvalue weighted by atomic mass is 32.2. The van der Waals surface area contributed by atoms with Gasteiger partial charge in [0.2, 0.25) is 0 Å². The highest BCUT2D eigenvalue weighted by molar-refractivity contribution is 7.90. The first kappa shape index (κ1) is 32.1. The monoisotopic (exact) mass is 632 g/mol. The summed E-state index contributed by atoms with van der Waals surface area (Å²) in [7, 11) is -5.16. The van der Waals surface area contributed by atoms with Gasteiger partial charge in [-0.3, -0.25) is 4.79 Å². The van der Waals surface area contributed by atoms with Crippen LogP contribution in [0.3, 0.4) is 0 Å². The molecule has 0 aliphatic rings. The summed E-state index contributed by atoms with van der Waals surface area (Å²) >= 11 is 0. The minimum atomic E-state index is -3.73. The van der Waals surface area contributed by atoms with E-state index in [0.717, 1.165) is 24.4 Å². The molecule has 0 spiro atoms. The van der Waals surface area contributed by atoms with Crippen molar-refractivity contribution in [2.45, 2.75) is 51.2 Å². The fourth-order valence-electron chi connectivity index (χ4n) is 4.55. The predicted octanol–water partition coefficient (Wildman–Crippen LogP) is 6.27. The van der Waals surface area contributed by atoms with E-state index in [9.17, 15) is 26.8 Å². The number of esters is 1. The molecule has 1 N–H and O–H groups in total. The lowest BCUT2D eigenvalue weighted by Gasteiger charge is -2.19. The van der Waals surface area contributed by atoms with Gasteiger partial charge in [-0.1, -0.05) is 19.6 Å². The molecule has 230 valence electrons. The number of fused-ring (bicyclic) bond motifs is 1. The summed E-state index contributed by atoms with van der Waals surface area (Å²) in [5, 5.41) is 0.536. The zero-order valence-corrected chi connectivity index (χ0v) is 26.7. The van der Waals surface area contributed by atoms with Gasteiger partial charge < -0.3 is 23.8 Å². The Kier molecular flexibility index (Phi) is 9.28. The smallest absolute Gasteiger partial charge is 0.354 e. The highest BCUT2D eigenvalue weighted by Crippen LogP contribution is 2.41. The van der Waals surface area contributed by atoms with Gasteiger partial charge in [-0.25, -0.2) is 22.0 Å². The summed E-state index contributed by atoms with van der Waals surface area (Å²) in [5.41, 5.74) is 0.299. The Morgan fingerprint density at radius 1 is 1.05 bits per heavy atom. The zero-order valence-electron chi connectivity index (χ0n) is 24.8. The Morgan fingerprint density at radius 2 is 1.74 bits per heavy atom. The van der Waals surface area contributed by atoms with Crippen LogP contribution in [0, 0.1) is 18.6 Å². The predicted molar refractivity (Wildman–Crippen MR) is 162 cm³/mol. The molecule has 0 atom stereocenters. The SMILES string of the molecule is CCOC(=O)c1cc2c(-c3cc(S(C)(=O)=O)ccc3Oc3ccc(F)cc3F)n(COCC[Si](C)(C)C)c(C)c2c(=O)[nH]1. The fourth-order valence-corrected chi connectivity index (χ4v) is 5.95. The number of carbonyl (C=O) groups excluding carboxylic acids is 1. The molecule has 13 heteroatoms. The Hall–Kier alpha value is -3.81. The number of aryl methyl sites for hydroxylation is 1. The molecule has 0 fully saturated rings. The van der Waals surface area contributed by atoms with E-state index in [2.05, 4.69) is 24.6 Å². The molecule has 0 bridgehead atoms. The normalized spacial score (nSPS) is 12.1. The van der Waals surface area contributed by atoms with E-state index in [-0.39, 0.29) is 46.4 Å². The van der Waals surface area contributed by atoms with E-state index in [1.165, 1.54) is 24.3 Å². The van der Waals surface area contributed by atoms with Crippen LogP contribution in [0.1, 0.15) is 23.1 Å². The van der Waals surface area contributed by atoms with Crippen LogP contribution in [0.25, 0.3) is 22.0 Å². The molecule has 2 heterocycles. The van der Waals surface area contributed by atoms with Crippen molar-refractivity contribution in [1.82, 2.24) is 9.55 Å². The average Bonchev–Trinajstić information content (AvgIpc) is 3.18. The number of rotatable bonds is 11. The second-order valence-electron chi connectivity index (χ2n) is 11.3. The number of nitrogens with zero attached hydrogens (tertiary/aromatic N) is 1. The topological polar surface area (TPSA) is 117 Å². The van der Waals surface area contributed by atoms with Gasteiger partial charge in [0.15, 0.2) is 21.4 Å². The third-order valence-electron chi connectivity index (χ3n) is 6.79. The van der Waals surface area contributed by atoms with E-state index >= 15 is 0 Å². The molecule has 9 nitrogen and oxygen atoms in total. The quantitative estimate of drug-likeness (QED) is 0.118. The zero-order chi connectivity index (χ0) is 31.7. The molecule has 0 saturated carbocycles. The number of H-pyrrole nitrogens is 1. The molecule has 0 saturated heterocycles. The maximum Gasteiger partial charge on any atom is 0.354 e. The molecule has 0 unspecified atom stereocenters. The second-order valence-corrected chi connectivity index (χ2v) is 19.0. The molecule has 2 aromatic carbocycles. The van der Waals surface area contributed by atoms with Crippen molar-refractivity contribution in [3.63, 3.8) is 0 Å². The number of carbonyl (C=O) groups is 1. The molecule has 2 aromatic heterocycles. The molecule has 43 heavy (non-hydrogen) atoms. The van der Waals surface area contributed by atoms with E-state index < -0.39 is 41.1 Å². The van der Waals surface area contributed by atoms with E-state index in [1.807, 2.05) is 0 Å². The lowest BCUT2D eigenvalue weighted by molar-refractivity contribution is 0.0519. The van der Waals surface area contributed by atoms with Gasteiger partial charge in [-0.15, -0.1) is 0 Å². The number of benzene rings is 2. The number of sulfone groups is 1. The van der Waals surface area contributed by atoms with Crippen LogP contribution in [0.2, 0.25) is 25.7 Å². The molecule has 0 aliphatic heterocycles. The van der Waals surface area contributed by atoms with Crippen LogP contribution in [0.4, 0.5) is 8.78 Å². The Bertz CT molecular complexity index is 1860. The van der Waals surface area contributed by atoms with Gasteiger partial charge >= 0.3 is 5.97 Å². The van der Waals surface area contributed by atoms with Crippen LogP contribution >= 0.6 is 0 Å². The molecule has 0 amide bonds.